The fourth-order valence-electron chi connectivity index (χ4n) is 1.82. The highest BCUT2D eigenvalue weighted by atomic mass is 16.7. The molecule has 1 saturated heterocycles. The largest absolute Gasteiger partial charge is 0.379 e. The molecule has 0 N–H and O–H groups in total. The Balaban J connectivity index is 2.43. The maximum absolute atomic E-state index is 11.9. The number of carbonyl (C=O) groups excluding carboxylic acids is 1. The topological polar surface area (TPSA) is 42.0 Å². The van der Waals surface area contributed by atoms with Crippen molar-refractivity contribution >= 4 is 5.91 Å². The van der Waals surface area contributed by atoms with Gasteiger partial charge in [0.05, 0.1) is 26.2 Å². The number of hydroxylamine groups is 2. The van der Waals surface area contributed by atoms with Crippen molar-refractivity contribution in [2.24, 2.45) is 5.92 Å². The minimum atomic E-state index is 0.0167. The molecule has 0 aromatic heterocycles. The molecule has 0 spiro atoms. The lowest BCUT2D eigenvalue weighted by Crippen LogP contribution is -2.43. The van der Waals surface area contributed by atoms with Crippen LogP contribution in [0.15, 0.2) is 0 Å². The van der Waals surface area contributed by atoms with Crippen LogP contribution in [-0.2, 0) is 14.4 Å². The standard InChI is InChI=1S/C11H22N2O3/c1-4-10(11(14)12(2)15-3)9-13-5-7-16-8-6-13/h10H,4-9H2,1-3H3. The van der Waals surface area contributed by atoms with Crippen LogP contribution in [0.1, 0.15) is 13.3 Å². The van der Waals surface area contributed by atoms with Crippen molar-refractivity contribution < 1.29 is 14.4 Å². The Morgan fingerprint density at radius 1 is 1.50 bits per heavy atom. The second kappa shape index (κ2) is 6.83. The number of morpholine rings is 1. The normalized spacial score (nSPS) is 19.4. The van der Waals surface area contributed by atoms with E-state index in [0.29, 0.717) is 0 Å². The molecule has 0 radical (unpaired) electrons. The minimum absolute atomic E-state index is 0.0167. The third-order valence-corrected chi connectivity index (χ3v) is 3.01. The number of ether oxygens (including phenoxy) is 1. The van der Waals surface area contributed by atoms with E-state index >= 15 is 0 Å². The lowest BCUT2D eigenvalue weighted by atomic mass is 10.0. The summed E-state index contributed by atoms with van der Waals surface area (Å²) in [5, 5.41) is 1.31. The van der Waals surface area contributed by atoms with Crippen molar-refractivity contribution in [2.45, 2.75) is 13.3 Å². The number of carbonyl (C=O) groups is 1. The number of amides is 1. The summed E-state index contributed by atoms with van der Waals surface area (Å²) in [7, 11) is 3.17. The molecule has 1 rings (SSSR count). The molecule has 0 aromatic rings. The van der Waals surface area contributed by atoms with Gasteiger partial charge in [-0.2, -0.15) is 0 Å². The van der Waals surface area contributed by atoms with Crippen LogP contribution < -0.4 is 0 Å². The third-order valence-electron chi connectivity index (χ3n) is 3.01. The van der Waals surface area contributed by atoms with E-state index in [-0.39, 0.29) is 11.8 Å². The molecule has 1 aliphatic rings. The van der Waals surface area contributed by atoms with Crippen molar-refractivity contribution in [1.29, 1.82) is 0 Å². The highest BCUT2D eigenvalue weighted by molar-refractivity contribution is 5.77. The maximum atomic E-state index is 11.9. The van der Waals surface area contributed by atoms with E-state index < -0.39 is 0 Å². The quantitative estimate of drug-likeness (QED) is 0.640. The van der Waals surface area contributed by atoms with E-state index in [4.69, 9.17) is 9.57 Å². The molecule has 1 aliphatic heterocycles. The van der Waals surface area contributed by atoms with Gasteiger partial charge in [0.25, 0.3) is 0 Å². The molecule has 1 unspecified atom stereocenters. The van der Waals surface area contributed by atoms with Gasteiger partial charge in [0, 0.05) is 26.7 Å². The summed E-state index contributed by atoms with van der Waals surface area (Å²) in [6.45, 7) is 6.20. The Morgan fingerprint density at radius 2 is 2.12 bits per heavy atom. The van der Waals surface area contributed by atoms with Gasteiger partial charge in [0.2, 0.25) is 5.91 Å². The lowest BCUT2D eigenvalue weighted by Gasteiger charge is -2.30. The predicted octanol–water partition coefficient (Wildman–Crippen LogP) is 0.365. The molecule has 1 heterocycles. The molecular weight excluding hydrogens is 208 g/mol. The first-order valence-corrected chi connectivity index (χ1v) is 5.80. The Hall–Kier alpha value is -0.650. The van der Waals surface area contributed by atoms with E-state index in [1.165, 1.54) is 12.2 Å². The zero-order chi connectivity index (χ0) is 12.0. The van der Waals surface area contributed by atoms with Gasteiger partial charge < -0.3 is 4.74 Å². The van der Waals surface area contributed by atoms with E-state index in [1.54, 1.807) is 7.05 Å². The summed E-state index contributed by atoms with van der Waals surface area (Å²) >= 11 is 0. The summed E-state index contributed by atoms with van der Waals surface area (Å²) in [6, 6.07) is 0. The average molecular weight is 230 g/mol. The van der Waals surface area contributed by atoms with Crippen LogP contribution in [0, 0.1) is 5.92 Å². The Morgan fingerprint density at radius 3 is 2.62 bits per heavy atom. The molecule has 1 amide bonds. The first-order chi connectivity index (χ1) is 7.69. The Labute approximate surface area is 97.2 Å². The smallest absolute Gasteiger partial charge is 0.250 e. The molecule has 0 bridgehead atoms. The van der Waals surface area contributed by atoms with E-state index in [9.17, 15) is 4.79 Å². The third kappa shape index (κ3) is 3.73. The molecular formula is C11H22N2O3. The van der Waals surface area contributed by atoms with Gasteiger partial charge in [-0.1, -0.05) is 6.92 Å². The highest BCUT2D eigenvalue weighted by Gasteiger charge is 2.24. The number of hydrogen-bond donors (Lipinski definition) is 0. The van der Waals surface area contributed by atoms with E-state index in [0.717, 1.165) is 39.3 Å². The van der Waals surface area contributed by atoms with Crippen LogP contribution >= 0.6 is 0 Å². The van der Waals surface area contributed by atoms with Gasteiger partial charge in [0.15, 0.2) is 0 Å². The maximum Gasteiger partial charge on any atom is 0.250 e. The van der Waals surface area contributed by atoms with Crippen LogP contribution in [0.4, 0.5) is 0 Å². The Kier molecular flexibility index (Phi) is 5.73. The fraction of sp³-hybridized carbons (Fsp3) is 0.909. The number of nitrogens with zero attached hydrogens (tertiary/aromatic N) is 2. The minimum Gasteiger partial charge on any atom is -0.379 e. The lowest BCUT2D eigenvalue weighted by molar-refractivity contribution is -0.174. The molecule has 5 nitrogen and oxygen atoms in total. The van der Waals surface area contributed by atoms with Crippen molar-refractivity contribution in [3.63, 3.8) is 0 Å². The van der Waals surface area contributed by atoms with E-state index in [2.05, 4.69) is 4.90 Å². The summed E-state index contributed by atoms with van der Waals surface area (Å²) in [4.78, 5) is 19.1. The fourth-order valence-corrected chi connectivity index (χ4v) is 1.82. The van der Waals surface area contributed by atoms with Crippen LogP contribution in [0.3, 0.4) is 0 Å². The predicted molar refractivity (Wildman–Crippen MR) is 60.8 cm³/mol. The van der Waals surface area contributed by atoms with Gasteiger partial charge in [-0.25, -0.2) is 5.06 Å². The summed E-state index contributed by atoms with van der Waals surface area (Å²) in [5.41, 5.74) is 0. The second-order valence-corrected chi connectivity index (χ2v) is 4.04. The van der Waals surface area contributed by atoms with Crippen molar-refractivity contribution in [3.05, 3.63) is 0 Å². The molecule has 5 heteroatoms. The monoisotopic (exact) mass is 230 g/mol. The van der Waals surface area contributed by atoms with Gasteiger partial charge in [-0.3, -0.25) is 14.5 Å². The molecule has 94 valence electrons. The molecule has 0 saturated carbocycles. The second-order valence-electron chi connectivity index (χ2n) is 4.04. The van der Waals surface area contributed by atoms with Gasteiger partial charge >= 0.3 is 0 Å². The summed E-state index contributed by atoms with van der Waals surface area (Å²) in [5.74, 6) is 0.0690. The first-order valence-electron chi connectivity index (χ1n) is 5.80. The highest BCUT2D eigenvalue weighted by Crippen LogP contribution is 2.10. The molecule has 1 fully saturated rings. The molecule has 0 aliphatic carbocycles. The first kappa shape index (κ1) is 13.4. The van der Waals surface area contributed by atoms with Crippen LogP contribution in [0.5, 0.6) is 0 Å². The van der Waals surface area contributed by atoms with Crippen molar-refractivity contribution in [3.8, 4) is 0 Å². The molecule has 16 heavy (non-hydrogen) atoms. The van der Waals surface area contributed by atoms with Crippen LogP contribution in [0.25, 0.3) is 0 Å². The van der Waals surface area contributed by atoms with E-state index in [1.807, 2.05) is 6.92 Å². The van der Waals surface area contributed by atoms with Crippen LogP contribution in [0.2, 0.25) is 0 Å². The zero-order valence-electron chi connectivity index (χ0n) is 10.4. The number of rotatable bonds is 5. The van der Waals surface area contributed by atoms with Gasteiger partial charge in [0.1, 0.15) is 0 Å². The van der Waals surface area contributed by atoms with Gasteiger partial charge in [-0.15, -0.1) is 0 Å². The van der Waals surface area contributed by atoms with Crippen molar-refractivity contribution in [2.75, 3.05) is 47.0 Å². The average Bonchev–Trinajstić information content (AvgIpc) is 2.35. The SMILES string of the molecule is CCC(CN1CCOCC1)C(=O)N(C)OC. The van der Waals surface area contributed by atoms with Crippen molar-refractivity contribution in [1.82, 2.24) is 9.96 Å². The summed E-state index contributed by atoms with van der Waals surface area (Å²) < 4.78 is 5.28. The summed E-state index contributed by atoms with van der Waals surface area (Å²) in [6.07, 6.45) is 0.837. The molecule has 1 atom stereocenters. The Bertz CT molecular complexity index is 217. The number of hydrogen-bond acceptors (Lipinski definition) is 4. The van der Waals surface area contributed by atoms with Crippen LogP contribution in [-0.4, -0.2) is 62.9 Å². The van der Waals surface area contributed by atoms with Gasteiger partial charge in [-0.05, 0) is 6.42 Å². The molecule has 0 aromatic carbocycles. The zero-order valence-corrected chi connectivity index (χ0v) is 10.4.